The van der Waals surface area contributed by atoms with E-state index < -0.39 is 0 Å². The predicted molar refractivity (Wildman–Crippen MR) is 67.1 cm³/mol. The molecule has 0 aliphatic rings. The van der Waals surface area contributed by atoms with Crippen molar-refractivity contribution < 1.29 is 4.42 Å². The van der Waals surface area contributed by atoms with E-state index >= 15 is 0 Å². The molecule has 2 N–H and O–H groups in total. The molecule has 0 saturated heterocycles. The second-order valence-corrected chi connectivity index (χ2v) is 4.80. The highest BCUT2D eigenvalue weighted by atomic mass is 16.3. The van der Waals surface area contributed by atoms with Gasteiger partial charge in [-0.3, -0.25) is 4.90 Å². The Labute approximate surface area is 98.6 Å². The van der Waals surface area contributed by atoms with Crippen LogP contribution in [-0.2, 0) is 6.54 Å². The lowest BCUT2D eigenvalue weighted by Crippen LogP contribution is -2.37. The summed E-state index contributed by atoms with van der Waals surface area (Å²) in [7, 11) is 0. The van der Waals surface area contributed by atoms with Crippen molar-refractivity contribution in [3.63, 3.8) is 0 Å². The number of nitrogens with two attached hydrogens (primary N) is 1. The zero-order valence-corrected chi connectivity index (χ0v) is 10.6. The molecule has 16 heavy (non-hydrogen) atoms. The second kappa shape index (κ2) is 6.71. The van der Waals surface area contributed by atoms with Gasteiger partial charge in [0, 0.05) is 12.6 Å². The highest BCUT2D eigenvalue weighted by molar-refractivity contribution is 4.97. The van der Waals surface area contributed by atoms with Crippen molar-refractivity contribution in [1.29, 1.82) is 0 Å². The Hall–Kier alpha value is -0.800. The molecule has 3 heteroatoms. The molecule has 0 bridgehead atoms. The average Bonchev–Trinajstić information content (AvgIpc) is 2.68. The van der Waals surface area contributed by atoms with E-state index in [4.69, 9.17) is 10.2 Å². The van der Waals surface area contributed by atoms with Gasteiger partial charge in [0.2, 0.25) is 0 Å². The van der Waals surface area contributed by atoms with Crippen molar-refractivity contribution in [1.82, 2.24) is 4.90 Å². The van der Waals surface area contributed by atoms with Gasteiger partial charge in [0.15, 0.2) is 0 Å². The third-order valence-corrected chi connectivity index (χ3v) is 2.67. The Morgan fingerprint density at radius 2 is 2.19 bits per heavy atom. The van der Waals surface area contributed by atoms with E-state index in [2.05, 4.69) is 25.7 Å². The summed E-state index contributed by atoms with van der Waals surface area (Å²) in [4.78, 5) is 2.33. The molecule has 0 spiro atoms. The molecule has 1 heterocycles. The van der Waals surface area contributed by atoms with E-state index in [-0.39, 0.29) is 6.04 Å². The molecule has 0 aliphatic heterocycles. The topological polar surface area (TPSA) is 42.4 Å². The molecular formula is C13H24N2O. The van der Waals surface area contributed by atoms with E-state index in [1.165, 1.54) is 0 Å². The van der Waals surface area contributed by atoms with Crippen LogP contribution < -0.4 is 5.73 Å². The number of hydrogen-bond acceptors (Lipinski definition) is 3. The number of furan rings is 1. The lowest BCUT2D eigenvalue weighted by molar-refractivity contribution is 0.231. The normalized spacial score (nSPS) is 13.6. The highest BCUT2D eigenvalue weighted by Gasteiger charge is 2.11. The summed E-state index contributed by atoms with van der Waals surface area (Å²) >= 11 is 0. The largest absolute Gasteiger partial charge is 0.468 e. The van der Waals surface area contributed by atoms with Gasteiger partial charge >= 0.3 is 0 Å². The Bertz CT molecular complexity index is 269. The van der Waals surface area contributed by atoms with Gasteiger partial charge in [-0.2, -0.15) is 0 Å². The number of rotatable bonds is 7. The van der Waals surface area contributed by atoms with Crippen molar-refractivity contribution in [3.8, 4) is 0 Å². The second-order valence-electron chi connectivity index (χ2n) is 4.80. The molecule has 0 amide bonds. The fraction of sp³-hybridized carbons (Fsp3) is 0.692. The van der Waals surface area contributed by atoms with Gasteiger partial charge in [0.25, 0.3) is 0 Å². The first-order valence-corrected chi connectivity index (χ1v) is 6.12. The van der Waals surface area contributed by atoms with Gasteiger partial charge < -0.3 is 10.2 Å². The van der Waals surface area contributed by atoms with E-state index in [1.807, 2.05) is 12.1 Å². The summed E-state index contributed by atoms with van der Waals surface area (Å²) in [5.74, 6) is 1.68. The third kappa shape index (κ3) is 4.81. The van der Waals surface area contributed by atoms with E-state index in [9.17, 15) is 0 Å². The van der Waals surface area contributed by atoms with Gasteiger partial charge in [-0.1, -0.05) is 20.8 Å². The Kier molecular flexibility index (Phi) is 5.56. The summed E-state index contributed by atoms with van der Waals surface area (Å²) < 4.78 is 5.35. The maximum absolute atomic E-state index is 6.11. The number of hydrogen-bond donors (Lipinski definition) is 1. The van der Waals surface area contributed by atoms with Gasteiger partial charge in [0.05, 0.1) is 12.8 Å². The Balaban J connectivity index is 2.37. The minimum atomic E-state index is 0.259. The van der Waals surface area contributed by atoms with Gasteiger partial charge in [-0.05, 0) is 31.0 Å². The summed E-state index contributed by atoms with van der Waals surface area (Å²) in [6.07, 6.45) is 2.80. The van der Waals surface area contributed by atoms with Gasteiger partial charge in [-0.25, -0.2) is 0 Å². The van der Waals surface area contributed by atoms with Crippen LogP contribution in [0.25, 0.3) is 0 Å². The van der Waals surface area contributed by atoms with E-state index in [1.54, 1.807) is 6.26 Å². The standard InChI is InChI=1S/C13H24N2O/c1-4-15(9-12(14)8-11(2)3)10-13-6-5-7-16-13/h5-7,11-12H,4,8-10,14H2,1-3H3. The smallest absolute Gasteiger partial charge is 0.117 e. The van der Waals surface area contributed by atoms with Gasteiger partial charge in [-0.15, -0.1) is 0 Å². The van der Waals surface area contributed by atoms with Crippen molar-refractivity contribution >= 4 is 0 Å². The summed E-state index contributed by atoms with van der Waals surface area (Å²) in [5, 5.41) is 0. The monoisotopic (exact) mass is 224 g/mol. The first-order chi connectivity index (χ1) is 7.61. The minimum Gasteiger partial charge on any atom is -0.468 e. The fourth-order valence-electron chi connectivity index (χ4n) is 1.94. The zero-order chi connectivity index (χ0) is 12.0. The van der Waals surface area contributed by atoms with Crippen LogP contribution in [0.5, 0.6) is 0 Å². The first-order valence-electron chi connectivity index (χ1n) is 6.12. The van der Waals surface area contributed by atoms with Crippen LogP contribution in [0.15, 0.2) is 22.8 Å². The Morgan fingerprint density at radius 3 is 2.69 bits per heavy atom. The lowest BCUT2D eigenvalue weighted by atomic mass is 10.0. The molecule has 92 valence electrons. The number of nitrogens with zero attached hydrogens (tertiary/aromatic N) is 1. The molecule has 0 aliphatic carbocycles. The van der Waals surface area contributed by atoms with Crippen LogP contribution in [0.4, 0.5) is 0 Å². The summed E-state index contributed by atoms with van der Waals surface area (Å²) in [5.41, 5.74) is 6.11. The van der Waals surface area contributed by atoms with Crippen molar-refractivity contribution in [2.45, 2.75) is 39.8 Å². The van der Waals surface area contributed by atoms with E-state index in [0.717, 1.165) is 31.8 Å². The molecule has 1 aromatic heterocycles. The molecule has 0 fully saturated rings. The SMILES string of the molecule is CCN(Cc1ccco1)CC(N)CC(C)C. The molecule has 0 radical (unpaired) electrons. The zero-order valence-electron chi connectivity index (χ0n) is 10.6. The predicted octanol–water partition coefficient (Wildman–Crippen LogP) is 2.47. The molecule has 1 unspecified atom stereocenters. The maximum atomic E-state index is 6.11. The van der Waals surface area contributed by atoms with Crippen molar-refractivity contribution in [2.24, 2.45) is 11.7 Å². The van der Waals surface area contributed by atoms with Crippen LogP contribution in [0.3, 0.4) is 0 Å². The summed E-state index contributed by atoms with van der Waals surface area (Å²) in [6, 6.07) is 4.20. The van der Waals surface area contributed by atoms with Crippen molar-refractivity contribution in [3.05, 3.63) is 24.2 Å². The third-order valence-electron chi connectivity index (χ3n) is 2.67. The summed E-state index contributed by atoms with van der Waals surface area (Å²) in [6.45, 7) is 9.38. The maximum Gasteiger partial charge on any atom is 0.117 e. The fourth-order valence-corrected chi connectivity index (χ4v) is 1.94. The molecule has 1 atom stereocenters. The van der Waals surface area contributed by atoms with Gasteiger partial charge in [0.1, 0.15) is 5.76 Å². The van der Waals surface area contributed by atoms with Crippen LogP contribution in [0.1, 0.15) is 33.0 Å². The van der Waals surface area contributed by atoms with Crippen LogP contribution >= 0.6 is 0 Å². The molecule has 1 rings (SSSR count). The minimum absolute atomic E-state index is 0.259. The molecule has 1 aromatic rings. The molecule has 0 saturated carbocycles. The molecule has 3 nitrogen and oxygen atoms in total. The molecular weight excluding hydrogens is 200 g/mol. The Morgan fingerprint density at radius 1 is 1.44 bits per heavy atom. The first kappa shape index (κ1) is 13.3. The van der Waals surface area contributed by atoms with E-state index in [0.29, 0.717) is 5.92 Å². The number of likely N-dealkylation sites (N-methyl/N-ethyl adjacent to an activating group) is 1. The van der Waals surface area contributed by atoms with Crippen molar-refractivity contribution in [2.75, 3.05) is 13.1 Å². The highest BCUT2D eigenvalue weighted by Crippen LogP contribution is 2.08. The average molecular weight is 224 g/mol. The van der Waals surface area contributed by atoms with Crippen LogP contribution in [-0.4, -0.2) is 24.0 Å². The molecule has 0 aromatic carbocycles. The quantitative estimate of drug-likeness (QED) is 0.773. The lowest BCUT2D eigenvalue weighted by Gasteiger charge is -2.24. The van der Waals surface area contributed by atoms with Crippen LogP contribution in [0.2, 0.25) is 0 Å². The van der Waals surface area contributed by atoms with Crippen LogP contribution in [0, 0.1) is 5.92 Å².